The van der Waals surface area contributed by atoms with Crippen molar-refractivity contribution in [1.82, 2.24) is 9.80 Å². The van der Waals surface area contributed by atoms with E-state index < -0.39 is 0 Å². The van der Waals surface area contributed by atoms with Gasteiger partial charge in [-0.3, -0.25) is 19.3 Å². The largest absolute Gasteiger partial charge is 0.302 e. The number of hydrogen-bond acceptors (Lipinski definition) is 4. The molecule has 2 aromatic rings. The molecule has 29 heavy (non-hydrogen) atoms. The molecule has 5 nitrogen and oxygen atoms in total. The summed E-state index contributed by atoms with van der Waals surface area (Å²) in [6.45, 7) is 2.45. The molecule has 0 aliphatic carbocycles. The molecule has 150 valence electrons. The number of ketones is 1. The van der Waals surface area contributed by atoms with Crippen molar-refractivity contribution in [2.45, 2.75) is 19.3 Å². The van der Waals surface area contributed by atoms with Crippen molar-refractivity contribution in [3.05, 3.63) is 71.0 Å². The molecule has 2 amide bonds. The predicted molar refractivity (Wildman–Crippen MR) is 106 cm³/mol. The van der Waals surface area contributed by atoms with E-state index in [1.165, 1.54) is 29.2 Å². The zero-order valence-electron chi connectivity index (χ0n) is 16.1. The van der Waals surface area contributed by atoms with Crippen molar-refractivity contribution in [2.24, 2.45) is 5.92 Å². The highest BCUT2D eigenvalue weighted by molar-refractivity contribution is 6.09. The summed E-state index contributed by atoms with van der Waals surface area (Å²) >= 11 is 0. The van der Waals surface area contributed by atoms with E-state index >= 15 is 0 Å². The Labute approximate surface area is 169 Å². The fourth-order valence-corrected chi connectivity index (χ4v) is 4.14. The Morgan fingerprint density at radius 1 is 0.966 bits per heavy atom. The lowest BCUT2D eigenvalue weighted by Gasteiger charge is -2.33. The first-order valence-electron chi connectivity index (χ1n) is 9.97. The molecule has 0 aromatic heterocycles. The number of hydrogen-bond donors (Lipinski definition) is 0. The number of Topliss-reactive ketones (excluding diaryl/α,β-unsaturated/α-hetero) is 1. The molecule has 2 aliphatic rings. The third kappa shape index (κ3) is 4.12. The van der Waals surface area contributed by atoms with Crippen LogP contribution in [0.3, 0.4) is 0 Å². The Hall–Kier alpha value is -2.86. The van der Waals surface area contributed by atoms with E-state index in [9.17, 15) is 18.8 Å². The van der Waals surface area contributed by atoms with Crippen LogP contribution < -0.4 is 0 Å². The van der Waals surface area contributed by atoms with Gasteiger partial charge in [-0.05, 0) is 61.8 Å². The van der Waals surface area contributed by atoms with Crippen molar-refractivity contribution < 1.29 is 18.8 Å². The second-order valence-corrected chi connectivity index (χ2v) is 7.67. The zero-order valence-corrected chi connectivity index (χ0v) is 16.1. The second-order valence-electron chi connectivity index (χ2n) is 7.67. The summed E-state index contributed by atoms with van der Waals surface area (Å²) in [4.78, 5) is 41.1. The van der Waals surface area contributed by atoms with Crippen LogP contribution in [0, 0.1) is 11.7 Å². The van der Waals surface area contributed by atoms with Gasteiger partial charge >= 0.3 is 0 Å². The molecule has 2 aromatic carbocycles. The first-order chi connectivity index (χ1) is 14.0. The molecule has 2 aliphatic heterocycles. The van der Waals surface area contributed by atoms with Crippen molar-refractivity contribution in [3.63, 3.8) is 0 Å². The lowest BCUT2D eigenvalue weighted by Crippen LogP contribution is -2.47. The Morgan fingerprint density at radius 3 is 2.38 bits per heavy atom. The van der Waals surface area contributed by atoms with Gasteiger partial charge in [-0.1, -0.05) is 18.2 Å². The lowest BCUT2D eigenvalue weighted by molar-refractivity contribution is -0.128. The fraction of sp³-hybridized carbons (Fsp3) is 0.348. The first kappa shape index (κ1) is 19.5. The number of nitrogens with zero attached hydrogens (tertiary/aromatic N) is 2. The summed E-state index contributed by atoms with van der Waals surface area (Å²) in [6, 6.07) is 12.9. The van der Waals surface area contributed by atoms with E-state index in [0.29, 0.717) is 24.2 Å². The molecular weight excluding hydrogens is 370 g/mol. The maximum absolute atomic E-state index is 13.0. The summed E-state index contributed by atoms with van der Waals surface area (Å²) in [5.41, 5.74) is 1.95. The van der Waals surface area contributed by atoms with Crippen LogP contribution in [-0.2, 0) is 11.2 Å². The van der Waals surface area contributed by atoms with Crippen molar-refractivity contribution in [2.75, 3.05) is 26.2 Å². The summed E-state index contributed by atoms with van der Waals surface area (Å²) in [6.07, 6.45) is 1.71. The zero-order chi connectivity index (χ0) is 20.4. The Morgan fingerprint density at radius 2 is 1.66 bits per heavy atom. The third-order valence-electron chi connectivity index (χ3n) is 5.86. The van der Waals surface area contributed by atoms with Crippen LogP contribution in [0.25, 0.3) is 0 Å². The minimum Gasteiger partial charge on any atom is -0.302 e. The summed E-state index contributed by atoms with van der Waals surface area (Å²) in [7, 11) is 0. The molecule has 1 saturated heterocycles. The number of imide groups is 1. The molecule has 0 radical (unpaired) electrons. The van der Waals surface area contributed by atoms with Crippen molar-refractivity contribution in [1.29, 1.82) is 0 Å². The fourth-order valence-electron chi connectivity index (χ4n) is 4.14. The second kappa shape index (κ2) is 8.25. The van der Waals surface area contributed by atoms with Gasteiger partial charge in [0.15, 0.2) is 5.78 Å². The monoisotopic (exact) mass is 393 g/mol. The Kier molecular flexibility index (Phi) is 5.53. The number of fused-ring (bicyclic) bond motifs is 1. The maximum atomic E-state index is 13.0. The van der Waals surface area contributed by atoms with E-state index in [1.54, 1.807) is 6.07 Å². The van der Waals surface area contributed by atoms with Gasteiger partial charge in [0.1, 0.15) is 5.82 Å². The van der Waals surface area contributed by atoms with Gasteiger partial charge in [0, 0.05) is 30.1 Å². The summed E-state index contributed by atoms with van der Waals surface area (Å²) in [5, 5.41) is 0. The molecular formula is C23H23FN2O3. The minimum absolute atomic E-state index is 0.0580. The lowest BCUT2D eigenvalue weighted by atomic mass is 9.80. The van der Waals surface area contributed by atoms with Gasteiger partial charge in [0.2, 0.25) is 5.91 Å². The standard InChI is InChI=1S/C23H23FN2O3/c24-19-7-5-16(6-8-19)22(28)17-9-11-25(12-10-17)13-14-26-21(27)15-18-3-1-2-4-20(18)23(26)29/h1-8,17H,9-15H2/i21-1. The van der Waals surface area contributed by atoms with Crippen LogP contribution in [0.2, 0.25) is 0 Å². The number of rotatable bonds is 5. The van der Waals surface area contributed by atoms with Gasteiger partial charge in [0.25, 0.3) is 5.91 Å². The van der Waals surface area contributed by atoms with E-state index in [2.05, 4.69) is 4.90 Å². The molecule has 0 bridgehead atoms. The van der Waals surface area contributed by atoms with Crippen LogP contribution in [-0.4, -0.2) is 53.6 Å². The van der Waals surface area contributed by atoms with Gasteiger partial charge in [-0.15, -0.1) is 0 Å². The number of carbonyl (C=O) groups is 3. The Bertz CT molecular complexity index is 933. The topological polar surface area (TPSA) is 57.7 Å². The highest BCUT2D eigenvalue weighted by atomic mass is 19.1. The SMILES string of the molecule is O=C(c1ccc(F)cc1)C1CCN(CCN2C(=O)c3ccccc3C[11C]2=O)CC1. The molecule has 6 heteroatoms. The van der Waals surface area contributed by atoms with Crippen molar-refractivity contribution >= 4 is 17.6 Å². The van der Waals surface area contributed by atoms with Crippen LogP contribution in [0.15, 0.2) is 48.5 Å². The number of piperidine rings is 1. The number of likely N-dealkylation sites (tertiary alicyclic amines) is 1. The maximum Gasteiger partial charge on any atom is 0.260 e. The number of benzene rings is 2. The van der Waals surface area contributed by atoms with Gasteiger partial charge in [-0.25, -0.2) is 4.39 Å². The van der Waals surface area contributed by atoms with E-state index in [1.807, 2.05) is 18.2 Å². The molecule has 0 unspecified atom stereocenters. The number of halogens is 1. The molecule has 0 atom stereocenters. The number of amides is 2. The molecule has 1 fully saturated rings. The summed E-state index contributed by atoms with van der Waals surface area (Å²) in [5.74, 6) is -0.737. The predicted octanol–water partition coefficient (Wildman–Crippen LogP) is 2.95. The minimum atomic E-state index is -0.346. The van der Waals surface area contributed by atoms with E-state index in [0.717, 1.165) is 31.5 Å². The molecule has 0 saturated carbocycles. The van der Waals surface area contributed by atoms with E-state index in [-0.39, 0.29) is 35.8 Å². The molecule has 0 spiro atoms. The Balaban J connectivity index is 1.30. The van der Waals surface area contributed by atoms with Crippen molar-refractivity contribution in [3.8, 4) is 0 Å². The highest BCUT2D eigenvalue weighted by Gasteiger charge is 2.31. The van der Waals surface area contributed by atoms with Crippen LogP contribution in [0.1, 0.15) is 39.1 Å². The van der Waals surface area contributed by atoms with Crippen LogP contribution in [0.4, 0.5) is 4.39 Å². The van der Waals surface area contributed by atoms with Crippen LogP contribution in [0.5, 0.6) is 0 Å². The normalized spacial score (nSPS) is 18.0. The van der Waals surface area contributed by atoms with Gasteiger partial charge in [-0.2, -0.15) is 0 Å². The smallest absolute Gasteiger partial charge is 0.260 e. The first-order valence-corrected chi connectivity index (χ1v) is 9.97. The van der Waals surface area contributed by atoms with Gasteiger partial charge < -0.3 is 4.90 Å². The number of carbonyl (C=O) groups excluding carboxylic acids is 3. The molecule has 2 heterocycles. The van der Waals surface area contributed by atoms with Crippen LogP contribution >= 0.6 is 0 Å². The quantitative estimate of drug-likeness (QED) is 0.579. The highest BCUT2D eigenvalue weighted by Crippen LogP contribution is 2.23. The molecule has 0 N–H and O–H groups in total. The van der Waals surface area contributed by atoms with Gasteiger partial charge in [0.05, 0.1) is 6.42 Å². The average molecular weight is 393 g/mol. The van der Waals surface area contributed by atoms with E-state index in [4.69, 9.17) is 0 Å². The third-order valence-corrected chi connectivity index (χ3v) is 5.86. The average Bonchev–Trinajstić information content (AvgIpc) is 2.74. The summed E-state index contributed by atoms with van der Waals surface area (Å²) < 4.78 is 13.0. The molecule has 4 rings (SSSR count).